The fourth-order valence-corrected chi connectivity index (χ4v) is 1.66. The van der Waals surface area contributed by atoms with Gasteiger partial charge in [0.2, 0.25) is 0 Å². The van der Waals surface area contributed by atoms with Gasteiger partial charge in [0.15, 0.2) is 5.82 Å². The van der Waals surface area contributed by atoms with Crippen molar-refractivity contribution in [3.63, 3.8) is 0 Å². The van der Waals surface area contributed by atoms with E-state index in [-0.39, 0.29) is 18.0 Å². The van der Waals surface area contributed by atoms with Crippen LogP contribution in [0, 0.1) is 18.6 Å². The normalized spacial score (nSPS) is 10.4. The van der Waals surface area contributed by atoms with Gasteiger partial charge in [0.25, 0.3) is 0 Å². The Hall–Kier alpha value is -2.10. The minimum atomic E-state index is -0.645. The number of benzene rings is 2. The molecule has 0 unspecified atom stereocenters. The van der Waals surface area contributed by atoms with Crippen molar-refractivity contribution in [2.75, 3.05) is 5.32 Å². The second-order valence-corrected chi connectivity index (χ2v) is 4.04. The van der Waals surface area contributed by atoms with E-state index in [2.05, 4.69) is 5.32 Å². The maximum Gasteiger partial charge on any atom is 0.152 e. The number of anilines is 1. The van der Waals surface area contributed by atoms with Crippen molar-refractivity contribution >= 4 is 5.69 Å². The molecule has 0 fully saturated rings. The molecule has 94 valence electrons. The number of nitrogens with one attached hydrogen (secondary N) is 1. The first-order valence-electron chi connectivity index (χ1n) is 5.55. The number of phenols is 1. The summed E-state index contributed by atoms with van der Waals surface area (Å²) in [5.41, 5.74) is 0.784. The molecule has 0 aromatic heterocycles. The summed E-state index contributed by atoms with van der Waals surface area (Å²) in [7, 11) is 0. The van der Waals surface area contributed by atoms with Crippen LogP contribution >= 0.6 is 0 Å². The van der Waals surface area contributed by atoms with Crippen LogP contribution in [0.25, 0.3) is 0 Å². The Morgan fingerprint density at radius 3 is 2.56 bits per heavy atom. The lowest BCUT2D eigenvalue weighted by Crippen LogP contribution is -2.05. The Morgan fingerprint density at radius 2 is 1.83 bits per heavy atom. The molecule has 0 aliphatic carbocycles. The Kier molecular flexibility index (Phi) is 3.46. The first-order chi connectivity index (χ1) is 8.59. The average Bonchev–Trinajstić information content (AvgIpc) is 2.36. The molecule has 0 atom stereocenters. The van der Waals surface area contributed by atoms with Crippen LogP contribution in [0.4, 0.5) is 14.5 Å². The van der Waals surface area contributed by atoms with Gasteiger partial charge in [-0.3, -0.25) is 0 Å². The molecule has 2 aromatic carbocycles. The molecular weight excluding hydrogens is 236 g/mol. The lowest BCUT2D eigenvalue weighted by atomic mass is 10.1. The summed E-state index contributed by atoms with van der Waals surface area (Å²) in [6.45, 7) is 1.73. The molecule has 0 saturated carbocycles. The number of aromatic hydroxyl groups is 1. The van der Waals surface area contributed by atoms with Crippen LogP contribution in [-0.4, -0.2) is 5.11 Å². The SMILES string of the molecule is Cc1ccc(F)c(NCc2ccccc2O)c1F. The monoisotopic (exact) mass is 249 g/mol. The van der Waals surface area contributed by atoms with Crippen molar-refractivity contribution in [2.24, 2.45) is 0 Å². The summed E-state index contributed by atoms with van der Waals surface area (Å²) in [5.74, 6) is -1.16. The third-order valence-corrected chi connectivity index (χ3v) is 2.73. The Morgan fingerprint density at radius 1 is 1.11 bits per heavy atom. The molecule has 0 spiro atoms. The van der Waals surface area contributed by atoms with E-state index in [4.69, 9.17) is 0 Å². The van der Waals surface area contributed by atoms with Crippen LogP contribution in [0.3, 0.4) is 0 Å². The molecule has 0 amide bonds. The summed E-state index contributed by atoms with van der Waals surface area (Å²) >= 11 is 0. The Bertz CT molecular complexity index is 570. The molecule has 0 saturated heterocycles. The summed E-state index contributed by atoms with van der Waals surface area (Å²) in [5, 5.41) is 12.2. The number of hydrogen-bond acceptors (Lipinski definition) is 2. The first kappa shape index (κ1) is 12.4. The molecular formula is C14H13F2NO. The highest BCUT2D eigenvalue weighted by molar-refractivity contribution is 5.50. The molecule has 0 aliphatic rings. The summed E-state index contributed by atoms with van der Waals surface area (Å²) in [6.07, 6.45) is 0. The zero-order valence-electron chi connectivity index (χ0n) is 9.87. The van der Waals surface area contributed by atoms with Crippen molar-refractivity contribution in [1.82, 2.24) is 0 Å². The van der Waals surface area contributed by atoms with Crippen molar-refractivity contribution in [3.05, 3.63) is 59.2 Å². The summed E-state index contributed by atoms with van der Waals surface area (Å²) < 4.78 is 27.2. The number of para-hydroxylation sites is 1. The van der Waals surface area contributed by atoms with Crippen LogP contribution in [-0.2, 0) is 6.54 Å². The third kappa shape index (κ3) is 2.42. The van der Waals surface area contributed by atoms with Gasteiger partial charge in [0.1, 0.15) is 17.3 Å². The average molecular weight is 249 g/mol. The minimum Gasteiger partial charge on any atom is -0.508 e. The van der Waals surface area contributed by atoms with E-state index in [1.165, 1.54) is 18.2 Å². The molecule has 0 bridgehead atoms. The van der Waals surface area contributed by atoms with Crippen LogP contribution in [0.2, 0.25) is 0 Å². The van der Waals surface area contributed by atoms with E-state index in [0.29, 0.717) is 11.1 Å². The molecule has 2 aromatic rings. The highest BCUT2D eigenvalue weighted by Gasteiger charge is 2.11. The van der Waals surface area contributed by atoms with Gasteiger partial charge in [-0.15, -0.1) is 0 Å². The highest BCUT2D eigenvalue weighted by Crippen LogP contribution is 2.23. The van der Waals surface area contributed by atoms with Crippen LogP contribution in [0.15, 0.2) is 36.4 Å². The highest BCUT2D eigenvalue weighted by atomic mass is 19.1. The van der Waals surface area contributed by atoms with Gasteiger partial charge in [-0.2, -0.15) is 0 Å². The third-order valence-electron chi connectivity index (χ3n) is 2.73. The van der Waals surface area contributed by atoms with E-state index in [0.717, 1.165) is 0 Å². The van der Waals surface area contributed by atoms with Gasteiger partial charge >= 0.3 is 0 Å². The summed E-state index contributed by atoms with van der Waals surface area (Å²) in [4.78, 5) is 0. The van der Waals surface area contributed by atoms with Gasteiger partial charge in [0, 0.05) is 12.1 Å². The van der Waals surface area contributed by atoms with E-state index < -0.39 is 11.6 Å². The molecule has 0 radical (unpaired) electrons. The Balaban J connectivity index is 2.21. The number of rotatable bonds is 3. The zero-order chi connectivity index (χ0) is 13.1. The second-order valence-electron chi connectivity index (χ2n) is 4.04. The van der Waals surface area contributed by atoms with Gasteiger partial charge in [-0.05, 0) is 24.6 Å². The molecule has 0 heterocycles. The predicted octanol–water partition coefficient (Wildman–Crippen LogP) is 3.59. The first-order valence-corrected chi connectivity index (χ1v) is 5.55. The molecule has 2 N–H and O–H groups in total. The smallest absolute Gasteiger partial charge is 0.152 e. The van der Waals surface area contributed by atoms with E-state index in [9.17, 15) is 13.9 Å². The van der Waals surface area contributed by atoms with Crippen LogP contribution in [0.5, 0.6) is 5.75 Å². The number of hydrogen-bond donors (Lipinski definition) is 2. The largest absolute Gasteiger partial charge is 0.508 e. The minimum absolute atomic E-state index is 0.0958. The van der Waals surface area contributed by atoms with Crippen LogP contribution < -0.4 is 5.32 Å². The molecule has 18 heavy (non-hydrogen) atoms. The maximum absolute atomic E-state index is 13.7. The van der Waals surface area contributed by atoms with Gasteiger partial charge in [0.05, 0.1) is 0 Å². The molecule has 4 heteroatoms. The van der Waals surface area contributed by atoms with E-state index in [1.807, 2.05) is 0 Å². The van der Waals surface area contributed by atoms with Gasteiger partial charge < -0.3 is 10.4 Å². The predicted molar refractivity (Wildman–Crippen MR) is 66.5 cm³/mol. The summed E-state index contributed by atoms with van der Waals surface area (Å²) in [6, 6.07) is 9.25. The fraction of sp³-hybridized carbons (Fsp3) is 0.143. The maximum atomic E-state index is 13.7. The molecule has 0 aliphatic heterocycles. The van der Waals surface area contributed by atoms with Gasteiger partial charge in [-0.25, -0.2) is 8.78 Å². The topological polar surface area (TPSA) is 32.3 Å². The van der Waals surface area contributed by atoms with Gasteiger partial charge in [-0.1, -0.05) is 24.3 Å². The van der Waals surface area contributed by atoms with Crippen molar-refractivity contribution < 1.29 is 13.9 Å². The number of phenolic OH excluding ortho intramolecular Hbond substituents is 1. The fourth-order valence-electron chi connectivity index (χ4n) is 1.66. The van der Waals surface area contributed by atoms with E-state index in [1.54, 1.807) is 25.1 Å². The standard InChI is InChI=1S/C14H13F2NO/c1-9-6-7-11(15)14(13(9)16)17-8-10-4-2-3-5-12(10)18/h2-7,17-18H,8H2,1H3. The van der Waals surface area contributed by atoms with Crippen molar-refractivity contribution in [2.45, 2.75) is 13.5 Å². The van der Waals surface area contributed by atoms with Crippen LogP contribution in [0.1, 0.15) is 11.1 Å². The van der Waals surface area contributed by atoms with Crippen molar-refractivity contribution in [1.29, 1.82) is 0 Å². The molecule has 2 rings (SSSR count). The second kappa shape index (κ2) is 5.04. The zero-order valence-corrected chi connectivity index (χ0v) is 9.87. The lowest BCUT2D eigenvalue weighted by Gasteiger charge is -2.11. The lowest BCUT2D eigenvalue weighted by molar-refractivity contribution is 0.469. The van der Waals surface area contributed by atoms with E-state index >= 15 is 0 Å². The quantitative estimate of drug-likeness (QED) is 0.871. The number of halogens is 2. The number of aryl methyl sites for hydroxylation is 1. The Labute approximate surface area is 104 Å². The van der Waals surface area contributed by atoms with Crippen molar-refractivity contribution in [3.8, 4) is 5.75 Å². The molecule has 2 nitrogen and oxygen atoms in total.